The Morgan fingerprint density at radius 2 is 1.26 bits per heavy atom. The molecule has 0 bridgehead atoms. The molecular weight excluding hydrogens is 770 g/mol. The zero-order valence-corrected chi connectivity index (χ0v) is 35.4. The minimum atomic E-state index is -1.20. The van der Waals surface area contributed by atoms with Gasteiger partial charge in [0.2, 0.25) is 11.8 Å². The molecule has 0 saturated carbocycles. The van der Waals surface area contributed by atoms with E-state index in [1.165, 1.54) is 22.4 Å². The van der Waals surface area contributed by atoms with E-state index in [0.29, 0.717) is 45.4 Å². The van der Waals surface area contributed by atoms with Crippen LogP contribution in [-0.2, 0) is 16.1 Å². The van der Waals surface area contributed by atoms with Crippen LogP contribution in [0.15, 0.2) is 132 Å². The molecule has 3 rings (SSSR count). The van der Waals surface area contributed by atoms with Crippen molar-refractivity contribution in [3.8, 4) is 17.5 Å². The highest BCUT2D eigenvalue weighted by molar-refractivity contribution is 7.99. The molecule has 2 amide bonds. The zero-order valence-electron chi connectivity index (χ0n) is 33.9. The molecule has 310 valence electrons. The number of rotatable bonds is 26. The first-order chi connectivity index (χ1) is 28.0. The summed E-state index contributed by atoms with van der Waals surface area (Å²) in [6, 6.07) is 14.7. The molecule has 9 nitrogen and oxygen atoms in total. The summed E-state index contributed by atoms with van der Waals surface area (Å²) in [6.45, 7) is 6.16. The average molecular weight is 829 g/mol. The van der Waals surface area contributed by atoms with Gasteiger partial charge in [-0.05, 0) is 107 Å². The molecule has 0 atom stereocenters. The fourth-order valence-electron chi connectivity index (χ4n) is 5.40. The number of halogens is 1. The Bertz CT molecular complexity index is 1910. The molecule has 4 N–H and O–H groups in total. The SMILES string of the molecule is CCC=CCC=CCC=CCC=CCC=CCC=CCCC(=O)NCCn1c(O)cc(SCCNC(=O)C(C)(C)Oc2ccc(C(=O)c3ccc(Cl)cc3)cc2)c1O. The molecule has 0 radical (unpaired) electrons. The summed E-state index contributed by atoms with van der Waals surface area (Å²) in [5.74, 6) is 0.0350. The third kappa shape index (κ3) is 17.9. The van der Waals surface area contributed by atoms with Crippen molar-refractivity contribution >= 4 is 41.0 Å². The summed E-state index contributed by atoms with van der Waals surface area (Å²) < 4.78 is 7.27. The Hall–Kier alpha value is -5.19. The number of aromatic nitrogens is 1. The number of hydrogen-bond acceptors (Lipinski definition) is 7. The topological polar surface area (TPSA) is 130 Å². The van der Waals surface area contributed by atoms with E-state index < -0.39 is 5.60 Å². The Balaban J connectivity index is 1.26. The van der Waals surface area contributed by atoms with Gasteiger partial charge < -0.3 is 25.6 Å². The third-order valence-corrected chi connectivity index (χ3v) is 9.86. The molecule has 1 heterocycles. The Morgan fingerprint density at radius 3 is 1.81 bits per heavy atom. The molecule has 3 aromatic rings. The number of ether oxygens (including phenoxy) is 1. The second-order valence-electron chi connectivity index (χ2n) is 13.7. The van der Waals surface area contributed by atoms with E-state index in [1.807, 2.05) is 12.2 Å². The molecule has 0 spiro atoms. The number of benzene rings is 2. The van der Waals surface area contributed by atoms with Gasteiger partial charge in [-0.1, -0.05) is 91.4 Å². The molecule has 0 saturated heterocycles. The first kappa shape index (κ1) is 47.2. The number of amides is 2. The molecule has 11 heteroatoms. The van der Waals surface area contributed by atoms with Crippen LogP contribution in [0.2, 0.25) is 5.02 Å². The maximum Gasteiger partial charge on any atom is 0.263 e. The third-order valence-electron chi connectivity index (χ3n) is 8.59. The van der Waals surface area contributed by atoms with Gasteiger partial charge in [0.1, 0.15) is 5.75 Å². The van der Waals surface area contributed by atoms with Gasteiger partial charge in [0.05, 0.1) is 4.90 Å². The first-order valence-corrected chi connectivity index (χ1v) is 21.2. The van der Waals surface area contributed by atoms with E-state index in [9.17, 15) is 24.6 Å². The summed E-state index contributed by atoms with van der Waals surface area (Å²) in [6.07, 6.45) is 32.4. The first-order valence-electron chi connectivity index (χ1n) is 19.8. The summed E-state index contributed by atoms with van der Waals surface area (Å²) >= 11 is 7.20. The van der Waals surface area contributed by atoms with Gasteiger partial charge in [-0.15, -0.1) is 11.8 Å². The maximum atomic E-state index is 12.9. The second kappa shape index (κ2) is 26.7. The number of carbonyl (C=O) groups excluding carboxylic acids is 3. The molecule has 0 aliphatic carbocycles. The highest BCUT2D eigenvalue weighted by atomic mass is 35.5. The number of aromatic hydroxyl groups is 2. The van der Waals surface area contributed by atoms with Gasteiger partial charge in [0.25, 0.3) is 5.91 Å². The second-order valence-corrected chi connectivity index (χ2v) is 15.3. The van der Waals surface area contributed by atoms with Crippen LogP contribution in [0.3, 0.4) is 0 Å². The predicted octanol–water partition coefficient (Wildman–Crippen LogP) is 10.4. The van der Waals surface area contributed by atoms with Gasteiger partial charge in [0, 0.05) is 54.0 Å². The number of allylic oxidation sites excluding steroid dienone is 12. The summed E-state index contributed by atoms with van der Waals surface area (Å²) in [5, 5.41) is 27.3. The van der Waals surface area contributed by atoms with Crippen LogP contribution >= 0.6 is 23.4 Å². The molecule has 1 aromatic heterocycles. The number of ketones is 1. The molecule has 2 aromatic carbocycles. The van der Waals surface area contributed by atoms with Crippen molar-refractivity contribution in [2.75, 3.05) is 18.8 Å². The Morgan fingerprint density at radius 1 is 0.741 bits per heavy atom. The van der Waals surface area contributed by atoms with Gasteiger partial charge in [-0.3, -0.25) is 19.0 Å². The molecule has 58 heavy (non-hydrogen) atoms. The standard InChI is InChI=1S/C47H58ClN3O6S/c1-4-5-6-7-8-9-10-11-12-13-14-15-16-17-18-19-20-21-22-23-42(52)49-32-34-51-43(53)36-41(45(51)55)58-35-33-50-46(56)47(2,3)57-40-30-26-38(27-31-40)44(54)37-24-28-39(48)29-25-37/h5-6,8-9,11-12,14-15,17-18,20-21,24-31,36,53,55H,4,7,10,13,16,19,22-23,32-35H2,1-3H3,(H,49,52)(H,50,56). The Kier molecular flexibility index (Phi) is 21.7. The number of hydrogen-bond donors (Lipinski definition) is 4. The Labute approximate surface area is 353 Å². The number of nitrogens with zero attached hydrogens (tertiary/aromatic N) is 1. The van der Waals surface area contributed by atoms with E-state index >= 15 is 0 Å². The molecule has 0 fully saturated rings. The van der Waals surface area contributed by atoms with Crippen molar-refractivity contribution in [3.05, 3.63) is 144 Å². The summed E-state index contributed by atoms with van der Waals surface area (Å²) in [7, 11) is 0. The van der Waals surface area contributed by atoms with Crippen molar-refractivity contribution in [1.29, 1.82) is 0 Å². The normalized spacial score (nSPS) is 12.3. The van der Waals surface area contributed by atoms with E-state index in [4.69, 9.17) is 16.3 Å². The van der Waals surface area contributed by atoms with Crippen LogP contribution in [0, 0.1) is 0 Å². The smallest absolute Gasteiger partial charge is 0.263 e. The fourth-order valence-corrected chi connectivity index (χ4v) is 6.38. The van der Waals surface area contributed by atoms with Gasteiger partial charge >= 0.3 is 0 Å². The van der Waals surface area contributed by atoms with Crippen molar-refractivity contribution in [1.82, 2.24) is 15.2 Å². The molecule has 0 unspecified atom stereocenters. The van der Waals surface area contributed by atoms with Crippen molar-refractivity contribution in [2.45, 2.75) is 89.2 Å². The van der Waals surface area contributed by atoms with Crippen LogP contribution in [0.4, 0.5) is 0 Å². The van der Waals surface area contributed by atoms with Gasteiger partial charge in [-0.2, -0.15) is 0 Å². The van der Waals surface area contributed by atoms with Crippen molar-refractivity contribution in [3.63, 3.8) is 0 Å². The van der Waals surface area contributed by atoms with Gasteiger partial charge in [0.15, 0.2) is 17.3 Å². The van der Waals surface area contributed by atoms with Crippen molar-refractivity contribution < 1.29 is 29.3 Å². The summed E-state index contributed by atoms with van der Waals surface area (Å²) in [4.78, 5) is 38.5. The number of nitrogens with one attached hydrogen (secondary N) is 2. The predicted molar refractivity (Wildman–Crippen MR) is 238 cm³/mol. The minimum Gasteiger partial charge on any atom is -0.494 e. The fraction of sp³-hybridized carbons (Fsp3) is 0.340. The lowest BCUT2D eigenvalue weighted by atomic mass is 10.0. The highest BCUT2D eigenvalue weighted by Crippen LogP contribution is 2.35. The number of carbonyl (C=O) groups is 3. The average Bonchev–Trinajstić information content (AvgIpc) is 3.48. The largest absolute Gasteiger partial charge is 0.494 e. The molecular formula is C47H58ClN3O6S. The van der Waals surface area contributed by atoms with E-state index in [0.717, 1.165) is 38.5 Å². The van der Waals surface area contributed by atoms with Crippen LogP contribution in [0.5, 0.6) is 17.5 Å². The lowest BCUT2D eigenvalue weighted by Gasteiger charge is -2.25. The zero-order chi connectivity index (χ0) is 42.0. The lowest BCUT2D eigenvalue weighted by Crippen LogP contribution is -2.47. The monoisotopic (exact) mass is 827 g/mol. The van der Waals surface area contributed by atoms with E-state index in [1.54, 1.807) is 62.4 Å². The van der Waals surface area contributed by atoms with Gasteiger partial charge in [-0.25, -0.2) is 0 Å². The van der Waals surface area contributed by atoms with E-state index in [-0.39, 0.29) is 49.0 Å². The molecule has 0 aliphatic heterocycles. The highest BCUT2D eigenvalue weighted by Gasteiger charge is 2.30. The quantitative estimate of drug-likeness (QED) is 0.0274. The summed E-state index contributed by atoms with van der Waals surface area (Å²) in [5.41, 5.74) is -0.203. The van der Waals surface area contributed by atoms with Crippen LogP contribution in [0.25, 0.3) is 0 Å². The van der Waals surface area contributed by atoms with Crippen LogP contribution < -0.4 is 15.4 Å². The van der Waals surface area contributed by atoms with Crippen LogP contribution in [-0.4, -0.2) is 56.8 Å². The van der Waals surface area contributed by atoms with Crippen LogP contribution in [0.1, 0.15) is 88.1 Å². The van der Waals surface area contributed by atoms with E-state index in [2.05, 4.69) is 78.3 Å². The minimum absolute atomic E-state index is 0.107. The number of thioether (sulfide) groups is 1. The maximum absolute atomic E-state index is 12.9. The lowest BCUT2D eigenvalue weighted by molar-refractivity contribution is -0.134. The van der Waals surface area contributed by atoms with Crippen molar-refractivity contribution in [2.24, 2.45) is 0 Å². The molecule has 0 aliphatic rings.